The van der Waals surface area contributed by atoms with E-state index in [4.69, 9.17) is 14.2 Å². The van der Waals surface area contributed by atoms with E-state index in [1.54, 1.807) is 13.2 Å². The highest BCUT2D eigenvalue weighted by Crippen LogP contribution is 2.60. The maximum absolute atomic E-state index is 12.6. The topological polar surface area (TPSA) is 104 Å². The Morgan fingerprint density at radius 1 is 1.03 bits per heavy atom. The van der Waals surface area contributed by atoms with E-state index >= 15 is 0 Å². The highest BCUT2D eigenvalue weighted by molar-refractivity contribution is 5.90. The van der Waals surface area contributed by atoms with Gasteiger partial charge in [-0.2, -0.15) is 0 Å². The maximum atomic E-state index is 12.6. The van der Waals surface area contributed by atoms with Crippen LogP contribution in [0.3, 0.4) is 0 Å². The molecule has 0 radical (unpaired) electrons. The van der Waals surface area contributed by atoms with Crippen LogP contribution in [-0.2, 0) is 35.8 Å². The van der Waals surface area contributed by atoms with Gasteiger partial charge in [-0.3, -0.25) is 24.2 Å². The second-order valence-electron chi connectivity index (χ2n) is 15.5. The van der Waals surface area contributed by atoms with Gasteiger partial charge in [-0.25, -0.2) is 0 Å². The van der Waals surface area contributed by atoms with Gasteiger partial charge < -0.3 is 24.1 Å². The molecule has 3 aromatic rings. The minimum atomic E-state index is -0.317. The van der Waals surface area contributed by atoms with Gasteiger partial charge in [0.15, 0.2) is 0 Å². The number of benzene rings is 2. The summed E-state index contributed by atoms with van der Waals surface area (Å²) in [6, 6.07) is 13.3. The third-order valence-electron chi connectivity index (χ3n) is 12.6. The van der Waals surface area contributed by atoms with E-state index in [0.29, 0.717) is 12.1 Å². The number of fused-ring (bicyclic) bond motifs is 4. The lowest BCUT2D eigenvalue weighted by molar-refractivity contribution is -0.153. The number of nitrogens with one attached hydrogen (secondary N) is 1. The van der Waals surface area contributed by atoms with Gasteiger partial charge in [-0.1, -0.05) is 76.6 Å². The van der Waals surface area contributed by atoms with Crippen molar-refractivity contribution in [3.8, 4) is 5.75 Å². The number of aromatic nitrogens is 1. The number of ether oxygens (including phenoxy) is 3. The lowest BCUT2D eigenvalue weighted by Gasteiger charge is -2.52. The van der Waals surface area contributed by atoms with E-state index in [1.165, 1.54) is 36.9 Å². The molecule has 10 heteroatoms. The van der Waals surface area contributed by atoms with Gasteiger partial charge in [-0.15, -0.1) is 0 Å². The summed E-state index contributed by atoms with van der Waals surface area (Å²) in [5.41, 5.74) is 8.26. The molecule has 1 aliphatic carbocycles. The third kappa shape index (κ3) is 8.55. The van der Waals surface area contributed by atoms with Crippen LogP contribution < -0.4 is 9.64 Å². The van der Waals surface area contributed by atoms with Gasteiger partial charge in [0, 0.05) is 91.8 Å². The van der Waals surface area contributed by atoms with Crippen LogP contribution in [0.5, 0.6) is 5.75 Å². The van der Waals surface area contributed by atoms with E-state index in [9.17, 15) is 14.4 Å². The van der Waals surface area contributed by atoms with Crippen molar-refractivity contribution in [2.24, 2.45) is 5.92 Å². The minimum Gasteiger partial charge on any atom is -0.497 e. The van der Waals surface area contributed by atoms with E-state index in [0.717, 1.165) is 98.0 Å². The lowest BCUT2D eigenvalue weighted by atomic mass is 9.59. The first-order chi connectivity index (χ1) is 28.1. The third-order valence-corrected chi connectivity index (χ3v) is 12.6. The average molecular weight is 795 g/mol. The van der Waals surface area contributed by atoms with Gasteiger partial charge in [-0.05, 0) is 80.2 Å². The Morgan fingerprint density at radius 3 is 2.50 bits per heavy atom. The normalized spacial score (nSPS) is 26.8. The van der Waals surface area contributed by atoms with Crippen LogP contribution in [-0.4, -0.2) is 99.1 Å². The molecule has 1 saturated heterocycles. The fourth-order valence-electron chi connectivity index (χ4n) is 10.3. The molecule has 4 aliphatic heterocycles. The Bertz CT molecular complexity index is 2000. The smallest absolute Gasteiger partial charge is 0.314 e. The molecule has 1 saturated carbocycles. The molecule has 0 bridgehead atoms. The van der Waals surface area contributed by atoms with E-state index in [-0.39, 0.29) is 35.3 Å². The number of carbonyl (C=O) groups is 3. The van der Waals surface area contributed by atoms with Crippen molar-refractivity contribution >= 4 is 40.9 Å². The van der Waals surface area contributed by atoms with Crippen molar-refractivity contribution < 1.29 is 28.6 Å². The first-order valence-electron chi connectivity index (χ1n) is 21.3. The molecule has 5 heterocycles. The molecule has 8 rings (SSSR count). The number of methoxy groups -OCH3 is 2. The number of allylic oxidation sites excluding steroid dienone is 2. The number of aromatic amines is 1. The highest BCUT2D eigenvalue weighted by Gasteiger charge is 2.65. The van der Waals surface area contributed by atoms with Gasteiger partial charge >= 0.3 is 11.9 Å². The molecule has 6 atom stereocenters. The highest BCUT2D eigenvalue weighted by atomic mass is 16.5. The number of hydrogen-bond acceptors (Lipinski definition) is 9. The summed E-state index contributed by atoms with van der Waals surface area (Å²) < 4.78 is 16.4. The summed E-state index contributed by atoms with van der Waals surface area (Å²) >= 11 is 0. The molecule has 58 heavy (non-hydrogen) atoms. The summed E-state index contributed by atoms with van der Waals surface area (Å²) in [6.45, 7) is 15.5. The first kappa shape index (κ1) is 44.4. The molecule has 5 aliphatic rings. The van der Waals surface area contributed by atoms with E-state index in [1.807, 2.05) is 39.8 Å². The Kier molecular flexibility index (Phi) is 15.2. The number of rotatable bonds is 6. The number of likely N-dealkylation sites (N-methyl/N-ethyl adjacent to an activating group) is 2. The van der Waals surface area contributed by atoms with Gasteiger partial charge in [0.1, 0.15) is 18.1 Å². The van der Waals surface area contributed by atoms with Gasteiger partial charge in [0.05, 0.1) is 20.1 Å². The summed E-state index contributed by atoms with van der Waals surface area (Å²) in [7, 11) is 7.46. The zero-order chi connectivity index (χ0) is 42.1. The van der Waals surface area contributed by atoms with Crippen LogP contribution in [0.2, 0.25) is 0 Å². The Balaban J connectivity index is 0.000000204. The zero-order valence-electron chi connectivity index (χ0n) is 36.5. The monoisotopic (exact) mass is 794 g/mol. The number of aldehydes is 1. The first-order valence-corrected chi connectivity index (χ1v) is 21.3. The van der Waals surface area contributed by atoms with Crippen molar-refractivity contribution in [2.75, 3.05) is 52.8 Å². The average Bonchev–Trinajstić information content (AvgIpc) is 3.89. The largest absolute Gasteiger partial charge is 0.497 e. The lowest BCUT2D eigenvalue weighted by Crippen LogP contribution is -2.63. The molecule has 2 fully saturated rings. The van der Waals surface area contributed by atoms with Crippen LogP contribution in [0.15, 0.2) is 66.3 Å². The van der Waals surface area contributed by atoms with Crippen molar-refractivity contribution in [3.05, 3.63) is 88.7 Å². The van der Waals surface area contributed by atoms with Crippen molar-refractivity contribution in [1.29, 1.82) is 0 Å². The summed E-state index contributed by atoms with van der Waals surface area (Å²) in [6.07, 6.45) is 15.5. The Hall–Kier alpha value is -4.67. The van der Waals surface area contributed by atoms with Crippen LogP contribution in [0.4, 0.5) is 5.69 Å². The van der Waals surface area contributed by atoms with Crippen LogP contribution in [0.25, 0.3) is 17.0 Å². The second kappa shape index (κ2) is 19.9. The predicted octanol–water partition coefficient (Wildman–Crippen LogP) is 8.60. The second-order valence-corrected chi connectivity index (χ2v) is 15.5. The van der Waals surface area contributed by atoms with Crippen LogP contribution in [0.1, 0.15) is 102 Å². The summed E-state index contributed by atoms with van der Waals surface area (Å²) in [4.78, 5) is 45.8. The predicted molar refractivity (Wildman–Crippen MR) is 234 cm³/mol. The van der Waals surface area contributed by atoms with Crippen LogP contribution in [0, 0.1) is 5.92 Å². The Labute approximate surface area is 346 Å². The van der Waals surface area contributed by atoms with Crippen LogP contribution >= 0.6 is 0 Å². The molecule has 10 nitrogen and oxygen atoms in total. The molecule has 1 N–H and O–H groups in total. The summed E-state index contributed by atoms with van der Waals surface area (Å²) in [5.74, 6) is 0.474. The zero-order valence-corrected chi connectivity index (χ0v) is 36.5. The molecule has 1 aromatic heterocycles. The van der Waals surface area contributed by atoms with E-state index in [2.05, 4.69) is 83.2 Å². The fourth-order valence-corrected chi connectivity index (χ4v) is 10.3. The SMILES string of the molecule is CC.CC.CC/C1=C/CCC(C(=O)OC)c2[nH]c3ccc(/C=C/C=O)cc3c2CN(C)C1.COc1ccc2c(c1)N(C)C1CC(OC(C)=O)C3C=CCN4CC[C@]21C34. The molecular weight excluding hydrogens is 729 g/mol. The molecule has 1 spiro atoms. The van der Waals surface area contributed by atoms with Crippen molar-refractivity contribution in [2.45, 2.75) is 110 Å². The molecule has 314 valence electrons. The molecule has 0 amide bonds. The molecule has 2 aromatic carbocycles. The summed E-state index contributed by atoms with van der Waals surface area (Å²) in [5, 5.41) is 1.09. The number of anilines is 1. The van der Waals surface area contributed by atoms with Gasteiger partial charge in [0.25, 0.3) is 0 Å². The van der Waals surface area contributed by atoms with E-state index < -0.39 is 0 Å². The Morgan fingerprint density at radius 2 is 1.81 bits per heavy atom. The number of H-pyrrole nitrogens is 1. The van der Waals surface area contributed by atoms with Crippen molar-refractivity contribution in [3.63, 3.8) is 0 Å². The molecular formula is C48H66N4O6. The number of carbonyl (C=O) groups excluding carboxylic acids is 3. The fraction of sp³-hybridized carbons (Fsp3) is 0.521. The molecule has 5 unspecified atom stereocenters. The quantitative estimate of drug-likeness (QED) is 0.114. The minimum absolute atomic E-state index is 0.0496. The standard InChI is InChI=1S/C23H28N2O3.C21H26N2O3.2C2H6/c1-4-16-7-5-9-18(23(27)28-3)22-20(15-25(2)14-16)19-13-17(8-6-12-26)10-11-21(19)24-22;1-13(24)26-18-12-19-21(8-10-23-9-4-5-15(18)20(21)23)16-7-6-14(25-3)11-17(16)22(19)2;2*1-2/h6-8,10-13,18,24H,4-5,9,14-15H2,1-3H3;4-7,11,15,18-20H,8-10,12H2,1-3H3;2*1-2H3/b8-6+,16-7-;;;/t;15?,18?,19?,20?,21-;;/m.0../s1. The maximum Gasteiger partial charge on any atom is 0.314 e. The van der Waals surface area contributed by atoms with Gasteiger partial charge in [0.2, 0.25) is 0 Å². The number of hydrogen-bond donors (Lipinski definition) is 1. The number of esters is 2. The van der Waals surface area contributed by atoms with Crippen molar-refractivity contribution in [1.82, 2.24) is 14.8 Å². The number of nitrogens with zero attached hydrogens (tertiary/aromatic N) is 3.